The van der Waals surface area contributed by atoms with Crippen LogP contribution < -0.4 is 4.90 Å². The molecule has 1 aromatic rings. The second kappa shape index (κ2) is 3.14. The first-order valence-electron chi connectivity index (χ1n) is 4.45. The maximum absolute atomic E-state index is 11.5. The molecule has 0 unspecified atom stereocenters. The summed E-state index contributed by atoms with van der Waals surface area (Å²) in [5, 5.41) is 0. The summed E-state index contributed by atoms with van der Waals surface area (Å²) in [5.74, 6) is 0.229. The topological polar surface area (TPSA) is 20.3 Å². The lowest BCUT2D eigenvalue weighted by molar-refractivity contribution is -0.117. The van der Waals surface area contributed by atoms with Crippen LogP contribution in [0.4, 0.5) is 5.69 Å². The summed E-state index contributed by atoms with van der Waals surface area (Å²) in [6, 6.07) is 6.11. The van der Waals surface area contributed by atoms with Gasteiger partial charge in [-0.05, 0) is 11.1 Å². The van der Waals surface area contributed by atoms with Crippen LogP contribution in [0.5, 0.6) is 0 Å². The number of anilines is 1. The molecule has 0 atom stereocenters. The highest BCUT2D eigenvalue weighted by molar-refractivity contribution is 6.04. The van der Waals surface area contributed by atoms with Crippen molar-refractivity contribution in [2.24, 2.45) is 0 Å². The summed E-state index contributed by atoms with van der Waals surface area (Å²) in [6.45, 7) is 0.739. The van der Waals surface area contributed by atoms with E-state index in [0.29, 0.717) is 6.42 Å². The highest BCUT2D eigenvalue weighted by Crippen LogP contribution is 2.35. The minimum Gasteiger partial charge on any atom is -0.307 e. The van der Waals surface area contributed by atoms with Gasteiger partial charge in [-0.15, -0.1) is 12.4 Å². The van der Waals surface area contributed by atoms with Gasteiger partial charge in [0.2, 0.25) is 5.91 Å². The summed E-state index contributed by atoms with van der Waals surface area (Å²) >= 11 is 0. The van der Waals surface area contributed by atoms with Gasteiger partial charge in [-0.3, -0.25) is 4.79 Å². The molecule has 0 N–H and O–H groups in total. The molecular formula is C11H10ClNO. The Labute approximate surface area is 88.6 Å². The summed E-state index contributed by atoms with van der Waals surface area (Å²) in [7, 11) is 0. The van der Waals surface area contributed by atoms with Gasteiger partial charge in [0.05, 0.1) is 12.1 Å². The molecule has 0 fully saturated rings. The van der Waals surface area contributed by atoms with Crippen molar-refractivity contribution in [3.63, 3.8) is 0 Å². The number of rotatable bonds is 0. The molecule has 0 radical (unpaired) electrons. The zero-order valence-corrected chi connectivity index (χ0v) is 8.38. The zero-order chi connectivity index (χ0) is 8.84. The number of carbonyl (C=O) groups excluding carboxylic acids is 1. The Hall–Kier alpha value is -1.28. The number of nitrogens with zero attached hydrogens (tertiary/aromatic N) is 1. The lowest BCUT2D eigenvalue weighted by Gasteiger charge is -2.20. The van der Waals surface area contributed by atoms with E-state index in [1.165, 1.54) is 11.1 Å². The standard InChI is InChI=1S/C11H9NO.ClH/c13-10-7-9-4-1-3-8-5-2-6-12(10)11(8)9;/h1-5H,6-7H2;1H. The van der Waals surface area contributed by atoms with Gasteiger partial charge in [-0.1, -0.05) is 30.4 Å². The Morgan fingerprint density at radius 3 is 3.00 bits per heavy atom. The van der Waals surface area contributed by atoms with Crippen molar-refractivity contribution < 1.29 is 4.79 Å². The van der Waals surface area contributed by atoms with Gasteiger partial charge in [0.15, 0.2) is 0 Å². The third-order valence-electron chi connectivity index (χ3n) is 2.65. The van der Waals surface area contributed by atoms with Crippen LogP contribution in [0.3, 0.4) is 0 Å². The van der Waals surface area contributed by atoms with E-state index in [2.05, 4.69) is 12.1 Å². The largest absolute Gasteiger partial charge is 0.307 e. The third-order valence-corrected chi connectivity index (χ3v) is 2.65. The molecule has 2 nitrogen and oxygen atoms in total. The molecule has 1 aromatic carbocycles. The van der Waals surface area contributed by atoms with Crippen molar-refractivity contribution in [2.75, 3.05) is 11.4 Å². The second-order valence-corrected chi connectivity index (χ2v) is 3.44. The van der Waals surface area contributed by atoms with Crippen molar-refractivity contribution >= 4 is 30.1 Å². The molecule has 2 heterocycles. The number of hydrogen-bond acceptors (Lipinski definition) is 1. The predicted octanol–water partition coefficient (Wildman–Crippen LogP) is 2.02. The van der Waals surface area contributed by atoms with Crippen LogP contribution >= 0.6 is 12.4 Å². The van der Waals surface area contributed by atoms with E-state index in [-0.39, 0.29) is 18.3 Å². The Kier molecular flexibility index (Phi) is 2.08. The molecule has 14 heavy (non-hydrogen) atoms. The zero-order valence-electron chi connectivity index (χ0n) is 7.56. The van der Waals surface area contributed by atoms with Crippen LogP contribution in [-0.2, 0) is 11.2 Å². The highest BCUT2D eigenvalue weighted by atomic mass is 35.5. The molecule has 1 amide bonds. The fourth-order valence-corrected chi connectivity index (χ4v) is 2.08. The van der Waals surface area contributed by atoms with Crippen LogP contribution in [0.1, 0.15) is 11.1 Å². The number of halogens is 1. The molecule has 0 aliphatic carbocycles. The Morgan fingerprint density at radius 2 is 2.14 bits per heavy atom. The maximum Gasteiger partial charge on any atom is 0.231 e. The SMILES string of the molecule is Cl.O=C1Cc2cccc3c2N1CC=C3. The minimum atomic E-state index is 0. The molecular weight excluding hydrogens is 198 g/mol. The van der Waals surface area contributed by atoms with Crippen LogP contribution in [0.25, 0.3) is 6.08 Å². The first kappa shape index (κ1) is 9.28. The Morgan fingerprint density at radius 1 is 1.29 bits per heavy atom. The van der Waals surface area contributed by atoms with E-state index >= 15 is 0 Å². The molecule has 0 bridgehead atoms. The fourth-order valence-electron chi connectivity index (χ4n) is 2.08. The average Bonchev–Trinajstić information content (AvgIpc) is 2.47. The van der Waals surface area contributed by atoms with E-state index in [4.69, 9.17) is 0 Å². The van der Waals surface area contributed by atoms with Gasteiger partial charge in [-0.2, -0.15) is 0 Å². The van der Waals surface area contributed by atoms with Gasteiger partial charge < -0.3 is 4.90 Å². The first-order valence-corrected chi connectivity index (χ1v) is 4.45. The molecule has 72 valence electrons. The van der Waals surface area contributed by atoms with E-state index in [1.807, 2.05) is 23.1 Å². The van der Waals surface area contributed by atoms with Crippen LogP contribution in [0.15, 0.2) is 24.3 Å². The number of carbonyl (C=O) groups is 1. The molecule has 0 saturated carbocycles. The van der Waals surface area contributed by atoms with E-state index in [9.17, 15) is 4.79 Å². The fraction of sp³-hybridized carbons (Fsp3) is 0.182. The number of benzene rings is 1. The smallest absolute Gasteiger partial charge is 0.231 e. The highest BCUT2D eigenvalue weighted by Gasteiger charge is 2.29. The molecule has 0 spiro atoms. The molecule has 2 aliphatic rings. The van der Waals surface area contributed by atoms with Crippen molar-refractivity contribution in [1.82, 2.24) is 0 Å². The van der Waals surface area contributed by atoms with E-state index < -0.39 is 0 Å². The van der Waals surface area contributed by atoms with Gasteiger partial charge >= 0.3 is 0 Å². The van der Waals surface area contributed by atoms with Crippen LogP contribution in [0.2, 0.25) is 0 Å². The summed E-state index contributed by atoms with van der Waals surface area (Å²) in [6.07, 6.45) is 4.70. The Bertz CT molecular complexity index is 425. The molecule has 3 rings (SSSR count). The van der Waals surface area contributed by atoms with E-state index in [1.54, 1.807) is 0 Å². The third kappa shape index (κ3) is 1.07. The van der Waals surface area contributed by atoms with Crippen LogP contribution in [0, 0.1) is 0 Å². The first-order chi connectivity index (χ1) is 6.36. The summed E-state index contributed by atoms with van der Waals surface area (Å²) < 4.78 is 0. The number of para-hydroxylation sites is 1. The lowest BCUT2D eigenvalue weighted by Crippen LogP contribution is -2.28. The normalized spacial score (nSPS) is 16.6. The predicted molar refractivity (Wildman–Crippen MR) is 58.8 cm³/mol. The van der Waals surface area contributed by atoms with Gasteiger partial charge in [0, 0.05) is 6.54 Å². The van der Waals surface area contributed by atoms with Crippen molar-refractivity contribution in [2.45, 2.75) is 6.42 Å². The maximum atomic E-state index is 11.5. The number of amides is 1. The van der Waals surface area contributed by atoms with Crippen LogP contribution in [-0.4, -0.2) is 12.5 Å². The lowest BCUT2D eigenvalue weighted by atomic mass is 10.1. The Balaban J connectivity index is 0.000000750. The number of hydrogen-bond donors (Lipinski definition) is 0. The monoisotopic (exact) mass is 207 g/mol. The second-order valence-electron chi connectivity index (χ2n) is 3.44. The van der Waals surface area contributed by atoms with Gasteiger partial charge in [0.25, 0.3) is 0 Å². The van der Waals surface area contributed by atoms with Gasteiger partial charge in [-0.25, -0.2) is 0 Å². The van der Waals surface area contributed by atoms with Gasteiger partial charge in [0.1, 0.15) is 0 Å². The minimum absolute atomic E-state index is 0. The summed E-state index contributed by atoms with van der Waals surface area (Å²) in [4.78, 5) is 13.4. The van der Waals surface area contributed by atoms with Crippen molar-refractivity contribution in [3.05, 3.63) is 35.4 Å². The van der Waals surface area contributed by atoms with Crippen molar-refractivity contribution in [1.29, 1.82) is 0 Å². The molecule has 0 aromatic heterocycles. The van der Waals surface area contributed by atoms with E-state index in [0.717, 1.165) is 12.2 Å². The average molecular weight is 208 g/mol. The summed E-state index contributed by atoms with van der Waals surface area (Å²) in [5.41, 5.74) is 3.48. The molecule has 3 heteroatoms. The molecule has 0 saturated heterocycles. The van der Waals surface area contributed by atoms with Crippen molar-refractivity contribution in [3.8, 4) is 0 Å². The quantitative estimate of drug-likeness (QED) is 0.638. The molecule has 2 aliphatic heterocycles.